The molecule has 0 spiro atoms. The van der Waals surface area contributed by atoms with Crippen molar-refractivity contribution in [1.29, 1.82) is 0 Å². The first-order valence-electron chi connectivity index (χ1n) is 8.68. The summed E-state index contributed by atoms with van der Waals surface area (Å²) >= 11 is 0. The van der Waals surface area contributed by atoms with Crippen LogP contribution in [0.5, 0.6) is 5.75 Å². The van der Waals surface area contributed by atoms with Crippen LogP contribution in [0.1, 0.15) is 17.0 Å². The van der Waals surface area contributed by atoms with Crippen molar-refractivity contribution in [1.82, 2.24) is 15.0 Å². The zero-order valence-electron chi connectivity index (χ0n) is 15.7. The fourth-order valence-corrected chi connectivity index (χ4v) is 2.55. The molecule has 0 saturated carbocycles. The first-order valence-corrected chi connectivity index (χ1v) is 8.68. The average molecular weight is 379 g/mol. The summed E-state index contributed by atoms with van der Waals surface area (Å²) in [5, 5.41) is 3.02. The minimum absolute atomic E-state index is 0.0336. The minimum atomic E-state index is -0.529. The number of carbonyl (C=O) groups excluding carboxylic acids is 1. The summed E-state index contributed by atoms with van der Waals surface area (Å²) in [6, 6.07) is 15.2. The van der Waals surface area contributed by atoms with Crippen molar-refractivity contribution < 1.29 is 14.3 Å². The normalized spacial score (nSPS) is 10.4. The number of aryl methyl sites for hydroxylation is 2. The number of nitrogen functional groups attached to an aromatic ring is 1. The van der Waals surface area contributed by atoms with Gasteiger partial charge in [-0.3, -0.25) is 0 Å². The first kappa shape index (κ1) is 19.1. The van der Waals surface area contributed by atoms with Crippen molar-refractivity contribution in [2.45, 2.75) is 20.5 Å². The van der Waals surface area contributed by atoms with Crippen LogP contribution >= 0.6 is 0 Å². The molecule has 0 fully saturated rings. The van der Waals surface area contributed by atoms with Gasteiger partial charge in [-0.2, -0.15) is 15.0 Å². The molecular weight excluding hydrogens is 358 g/mol. The van der Waals surface area contributed by atoms with Crippen LogP contribution < -0.4 is 15.8 Å². The Kier molecular flexibility index (Phi) is 6.01. The second-order valence-corrected chi connectivity index (χ2v) is 6.09. The Balaban J connectivity index is 1.57. The fraction of sp³-hybridized carbons (Fsp3) is 0.200. The molecule has 3 rings (SSSR count). The molecule has 0 aliphatic rings. The van der Waals surface area contributed by atoms with Gasteiger partial charge in [-0.1, -0.05) is 36.4 Å². The highest BCUT2D eigenvalue weighted by molar-refractivity contribution is 5.71. The number of anilines is 3. The lowest BCUT2D eigenvalue weighted by Crippen LogP contribution is -2.17. The lowest BCUT2D eigenvalue weighted by Gasteiger charge is -2.11. The van der Waals surface area contributed by atoms with Gasteiger partial charge in [-0.05, 0) is 37.1 Å². The maximum Gasteiger partial charge on any atom is 0.344 e. The van der Waals surface area contributed by atoms with E-state index in [9.17, 15) is 4.79 Å². The summed E-state index contributed by atoms with van der Waals surface area (Å²) in [5.74, 6) is 0.701. The molecule has 0 radical (unpaired) electrons. The number of nitrogens with one attached hydrogen (secondary N) is 1. The number of nitrogens with two attached hydrogens (primary N) is 1. The van der Waals surface area contributed by atoms with E-state index < -0.39 is 5.97 Å². The van der Waals surface area contributed by atoms with Gasteiger partial charge in [0.1, 0.15) is 5.75 Å². The summed E-state index contributed by atoms with van der Waals surface area (Å²) in [4.78, 5) is 24.2. The molecule has 8 nitrogen and oxygen atoms in total. The van der Waals surface area contributed by atoms with Gasteiger partial charge in [0.15, 0.2) is 19.0 Å². The molecule has 0 unspecified atom stereocenters. The molecular formula is C20H21N5O3. The number of rotatable bonds is 7. The van der Waals surface area contributed by atoms with Gasteiger partial charge in [0.05, 0.1) is 0 Å². The van der Waals surface area contributed by atoms with Gasteiger partial charge in [0.25, 0.3) is 0 Å². The average Bonchev–Trinajstić information content (AvgIpc) is 2.66. The minimum Gasteiger partial charge on any atom is -0.481 e. The Bertz CT molecular complexity index is 943. The van der Waals surface area contributed by atoms with E-state index in [1.807, 2.05) is 62.4 Å². The highest BCUT2D eigenvalue weighted by atomic mass is 16.6. The smallest absolute Gasteiger partial charge is 0.344 e. The number of para-hydroxylation sites is 2. The number of nitrogens with zero attached hydrogens (tertiary/aromatic N) is 3. The fourth-order valence-electron chi connectivity index (χ4n) is 2.55. The van der Waals surface area contributed by atoms with Gasteiger partial charge in [-0.15, -0.1) is 0 Å². The third-order valence-electron chi connectivity index (χ3n) is 3.83. The number of carbonyl (C=O) groups is 1. The summed E-state index contributed by atoms with van der Waals surface area (Å²) in [6.07, 6.45) is 0. The lowest BCUT2D eigenvalue weighted by atomic mass is 10.1. The third kappa shape index (κ3) is 5.16. The van der Waals surface area contributed by atoms with E-state index in [1.54, 1.807) is 0 Å². The van der Waals surface area contributed by atoms with Crippen LogP contribution in [0.15, 0.2) is 48.5 Å². The Hall–Kier alpha value is -3.68. The molecule has 8 heteroatoms. The second-order valence-electron chi connectivity index (χ2n) is 6.09. The van der Waals surface area contributed by atoms with E-state index in [-0.39, 0.29) is 30.9 Å². The van der Waals surface area contributed by atoms with Crippen LogP contribution in [-0.2, 0) is 16.1 Å². The van der Waals surface area contributed by atoms with Crippen LogP contribution in [-0.4, -0.2) is 27.5 Å². The summed E-state index contributed by atoms with van der Waals surface area (Å²) in [5.41, 5.74) is 8.43. The SMILES string of the molecule is Cc1cccc(C)c1OCC(=O)OCc1nc(N)nc(Nc2ccccc2)n1. The number of esters is 1. The van der Waals surface area contributed by atoms with Gasteiger partial charge in [0, 0.05) is 5.69 Å². The molecule has 0 aliphatic carbocycles. The zero-order chi connectivity index (χ0) is 19.9. The van der Waals surface area contributed by atoms with Crippen LogP contribution in [0.3, 0.4) is 0 Å². The largest absolute Gasteiger partial charge is 0.481 e. The molecule has 0 atom stereocenters. The van der Waals surface area contributed by atoms with Gasteiger partial charge >= 0.3 is 5.97 Å². The Morgan fingerprint density at radius 2 is 1.71 bits per heavy atom. The number of ether oxygens (including phenoxy) is 2. The lowest BCUT2D eigenvalue weighted by molar-refractivity contribution is -0.147. The predicted molar refractivity (Wildman–Crippen MR) is 105 cm³/mol. The molecule has 2 aromatic carbocycles. The molecule has 1 aromatic heterocycles. The van der Waals surface area contributed by atoms with Crippen molar-refractivity contribution in [3.05, 3.63) is 65.5 Å². The maximum atomic E-state index is 12.0. The predicted octanol–water partition coefficient (Wildman–Crippen LogP) is 2.94. The van der Waals surface area contributed by atoms with E-state index >= 15 is 0 Å². The van der Waals surface area contributed by atoms with Crippen molar-refractivity contribution in [2.75, 3.05) is 17.7 Å². The molecule has 28 heavy (non-hydrogen) atoms. The van der Waals surface area contributed by atoms with Crippen LogP contribution in [0, 0.1) is 13.8 Å². The first-order chi connectivity index (χ1) is 13.5. The van der Waals surface area contributed by atoms with Crippen LogP contribution in [0.4, 0.5) is 17.6 Å². The molecule has 0 amide bonds. The van der Waals surface area contributed by atoms with Gasteiger partial charge in [0.2, 0.25) is 11.9 Å². The second kappa shape index (κ2) is 8.81. The monoisotopic (exact) mass is 379 g/mol. The van der Waals surface area contributed by atoms with Crippen molar-refractivity contribution in [2.24, 2.45) is 0 Å². The molecule has 144 valence electrons. The standard InChI is InChI=1S/C20H21N5O3/c1-13-7-6-8-14(2)18(13)28-12-17(26)27-11-16-23-19(21)25-20(24-16)22-15-9-4-3-5-10-15/h3-10H,11-12H2,1-2H3,(H3,21,22,23,24,25). The quantitative estimate of drug-likeness (QED) is 0.603. The van der Waals surface area contributed by atoms with E-state index in [1.165, 1.54) is 0 Å². The maximum absolute atomic E-state index is 12.0. The number of benzene rings is 2. The van der Waals surface area contributed by atoms with E-state index in [4.69, 9.17) is 15.2 Å². The van der Waals surface area contributed by atoms with Gasteiger partial charge < -0.3 is 20.5 Å². The highest BCUT2D eigenvalue weighted by Gasteiger charge is 2.11. The summed E-state index contributed by atoms with van der Waals surface area (Å²) in [7, 11) is 0. The third-order valence-corrected chi connectivity index (χ3v) is 3.83. The molecule has 0 saturated heterocycles. The Morgan fingerprint density at radius 3 is 2.43 bits per heavy atom. The van der Waals surface area contributed by atoms with Crippen LogP contribution in [0.25, 0.3) is 0 Å². The highest BCUT2D eigenvalue weighted by Crippen LogP contribution is 2.22. The number of aromatic nitrogens is 3. The van der Waals surface area contributed by atoms with Crippen LogP contribution in [0.2, 0.25) is 0 Å². The van der Waals surface area contributed by atoms with Crippen molar-refractivity contribution >= 4 is 23.6 Å². The molecule has 0 aliphatic heterocycles. The van der Waals surface area contributed by atoms with Gasteiger partial charge in [-0.25, -0.2) is 4.79 Å². The molecule has 1 heterocycles. The zero-order valence-corrected chi connectivity index (χ0v) is 15.7. The summed E-state index contributed by atoms with van der Waals surface area (Å²) in [6.45, 7) is 3.50. The number of hydrogen-bond donors (Lipinski definition) is 2. The molecule has 0 bridgehead atoms. The Labute approximate surface area is 162 Å². The molecule has 3 N–H and O–H groups in total. The van der Waals surface area contributed by atoms with E-state index in [0.717, 1.165) is 16.8 Å². The topological polar surface area (TPSA) is 112 Å². The van der Waals surface area contributed by atoms with E-state index in [2.05, 4.69) is 20.3 Å². The van der Waals surface area contributed by atoms with Crippen molar-refractivity contribution in [3.8, 4) is 5.75 Å². The Morgan fingerprint density at radius 1 is 1.00 bits per heavy atom. The summed E-state index contributed by atoms with van der Waals surface area (Å²) < 4.78 is 10.8. The number of hydrogen-bond acceptors (Lipinski definition) is 8. The van der Waals surface area contributed by atoms with E-state index in [0.29, 0.717) is 5.75 Å². The molecule has 3 aromatic rings. The van der Waals surface area contributed by atoms with Crippen molar-refractivity contribution in [3.63, 3.8) is 0 Å².